The third kappa shape index (κ3) is 10.8. The van der Waals surface area contributed by atoms with Gasteiger partial charge in [-0.3, -0.25) is 0 Å². The molecule has 0 N–H and O–H groups in total. The number of unbranched alkanes of at least 4 members (excludes halogenated alkanes) is 3. The summed E-state index contributed by atoms with van der Waals surface area (Å²) in [6, 6.07) is 8.90. The Morgan fingerprint density at radius 1 is 0.931 bits per heavy atom. The summed E-state index contributed by atoms with van der Waals surface area (Å²) in [5, 5.41) is 0. The first-order valence-electron chi connectivity index (χ1n) is 10.8. The van der Waals surface area contributed by atoms with Gasteiger partial charge >= 0.3 is 197 Å². The molecule has 29 heavy (non-hydrogen) atoms. The fraction of sp³-hybridized carbons (Fsp3) is 0.609. The summed E-state index contributed by atoms with van der Waals surface area (Å²) in [5.41, 5.74) is 0.987. The van der Waals surface area contributed by atoms with Crippen LogP contribution in [0.1, 0.15) is 64.9 Å². The van der Waals surface area contributed by atoms with Gasteiger partial charge in [-0.25, -0.2) is 0 Å². The average molecular weight is 569 g/mol. The zero-order chi connectivity index (χ0) is 21.8. The van der Waals surface area contributed by atoms with Crippen LogP contribution in [0.25, 0.3) is 6.08 Å². The second kappa shape index (κ2) is 14.2. The van der Waals surface area contributed by atoms with Crippen LogP contribution in [-0.4, -0.2) is 34.7 Å². The third-order valence-electron chi connectivity index (χ3n) is 5.34. The molecule has 1 aromatic rings. The summed E-state index contributed by atoms with van der Waals surface area (Å²) in [4.78, 5) is 11.8. The predicted octanol–water partition coefficient (Wildman–Crippen LogP) is 7.67. The number of benzene rings is 1. The van der Waals surface area contributed by atoms with Gasteiger partial charge in [0, 0.05) is 0 Å². The van der Waals surface area contributed by atoms with Gasteiger partial charge in [0.1, 0.15) is 0 Å². The first kappa shape index (κ1) is 27.1. The molecule has 0 aliphatic carbocycles. The standard InChI is InChI=1S/C11H8Cl3O2.3C4H9.Sn/c12-11(13,14)8-16-10(15)7-6-9-4-2-1-3-5-9;3*1-3-4-2;/h2-7H,8H2;3*1,3-4H2,2H3;/b7-6+;;;;. The van der Waals surface area contributed by atoms with Crippen LogP contribution in [0, 0.1) is 0 Å². The van der Waals surface area contributed by atoms with Crippen molar-refractivity contribution in [3.8, 4) is 0 Å². The summed E-state index contributed by atoms with van der Waals surface area (Å²) in [6.45, 7) is 6.63. The second-order valence-corrected chi connectivity index (χ2v) is 23.5. The van der Waals surface area contributed by atoms with Crippen LogP contribution >= 0.6 is 34.8 Å². The normalized spacial score (nSPS) is 12.5. The van der Waals surface area contributed by atoms with Crippen molar-refractivity contribution in [2.75, 3.05) is 6.61 Å². The zero-order valence-electron chi connectivity index (χ0n) is 18.0. The van der Waals surface area contributed by atoms with Gasteiger partial charge in [-0.1, -0.05) is 0 Å². The Kier molecular flexibility index (Phi) is 13.3. The maximum absolute atomic E-state index is 11.8. The first-order valence-corrected chi connectivity index (χ1v) is 19.4. The Labute approximate surface area is 196 Å². The monoisotopic (exact) mass is 568 g/mol. The molecular weight excluding hydrogens is 533 g/mol. The van der Waals surface area contributed by atoms with Crippen molar-refractivity contribution in [3.05, 3.63) is 35.9 Å². The number of halogens is 3. The molecule has 2 nitrogen and oxygen atoms in total. The molecule has 0 bridgehead atoms. The van der Waals surface area contributed by atoms with Gasteiger partial charge in [0.2, 0.25) is 0 Å². The average Bonchev–Trinajstić information content (AvgIpc) is 2.70. The van der Waals surface area contributed by atoms with Gasteiger partial charge < -0.3 is 0 Å². The molecule has 0 saturated heterocycles. The van der Waals surface area contributed by atoms with Crippen LogP contribution in [0.2, 0.25) is 13.3 Å². The van der Waals surface area contributed by atoms with E-state index in [4.69, 9.17) is 39.5 Å². The topological polar surface area (TPSA) is 26.3 Å². The Morgan fingerprint density at radius 2 is 1.41 bits per heavy atom. The van der Waals surface area contributed by atoms with Crippen LogP contribution in [-0.2, 0) is 9.53 Å². The number of hydrogen-bond donors (Lipinski definition) is 0. The van der Waals surface area contributed by atoms with Crippen molar-refractivity contribution >= 4 is 68.8 Å². The Morgan fingerprint density at radius 3 is 1.83 bits per heavy atom. The molecule has 0 aliphatic rings. The Hall–Kier alpha value is 0.0987. The first-order chi connectivity index (χ1) is 13.8. The van der Waals surface area contributed by atoms with Gasteiger partial charge in [0.25, 0.3) is 0 Å². The van der Waals surface area contributed by atoms with Gasteiger partial charge in [-0.15, -0.1) is 0 Å². The van der Waals surface area contributed by atoms with Crippen molar-refractivity contribution in [3.63, 3.8) is 0 Å². The number of carbonyl (C=O) groups is 1. The van der Waals surface area contributed by atoms with Crippen LogP contribution in [0.4, 0.5) is 0 Å². The number of rotatable bonds is 13. The van der Waals surface area contributed by atoms with E-state index in [1.54, 1.807) is 9.66 Å². The van der Waals surface area contributed by atoms with E-state index in [9.17, 15) is 4.79 Å². The van der Waals surface area contributed by atoms with E-state index in [0.29, 0.717) is 0 Å². The van der Waals surface area contributed by atoms with E-state index in [0.717, 1.165) is 5.56 Å². The molecule has 1 aromatic carbocycles. The molecule has 164 valence electrons. The van der Waals surface area contributed by atoms with Crippen LogP contribution in [0.5, 0.6) is 0 Å². The minimum absolute atomic E-state index is 0.261. The number of carbonyl (C=O) groups excluding carboxylic acids is 1. The van der Waals surface area contributed by atoms with Crippen molar-refractivity contribution in [2.24, 2.45) is 0 Å². The maximum atomic E-state index is 11.8. The van der Waals surface area contributed by atoms with E-state index in [-0.39, 0.29) is 6.61 Å². The molecule has 0 atom stereocenters. The molecule has 0 amide bonds. The van der Waals surface area contributed by atoms with Crippen molar-refractivity contribution in [1.82, 2.24) is 0 Å². The number of ether oxygens (including phenoxy) is 1. The molecule has 0 spiro atoms. The molecule has 1 rings (SSSR count). The van der Waals surface area contributed by atoms with Crippen molar-refractivity contribution in [1.29, 1.82) is 0 Å². The molecule has 0 unspecified atom stereocenters. The number of esters is 1. The fourth-order valence-electron chi connectivity index (χ4n) is 3.67. The molecule has 6 heteroatoms. The molecule has 0 aliphatic heterocycles. The summed E-state index contributed by atoms with van der Waals surface area (Å²) >= 11 is 14.4. The van der Waals surface area contributed by atoms with Crippen LogP contribution in [0.3, 0.4) is 0 Å². The van der Waals surface area contributed by atoms with Gasteiger partial charge in [-0.2, -0.15) is 0 Å². The summed E-state index contributed by atoms with van der Waals surface area (Å²) in [7, 11) is 0. The van der Waals surface area contributed by atoms with Crippen molar-refractivity contribution in [2.45, 2.75) is 76.4 Å². The number of hydrogen-bond acceptors (Lipinski definition) is 2. The molecule has 0 radical (unpaired) electrons. The SMILES string of the molecule is CCC[CH2][Sn]([CH2]CCC)([CH2]CCC)[c]1ccc(/C=C/C(=O)OCC(Cl)(Cl)Cl)cc1. The van der Waals surface area contributed by atoms with Crippen LogP contribution < -0.4 is 3.58 Å². The zero-order valence-corrected chi connectivity index (χ0v) is 23.1. The van der Waals surface area contributed by atoms with Crippen LogP contribution in [0.15, 0.2) is 30.3 Å². The van der Waals surface area contributed by atoms with E-state index in [1.165, 1.54) is 57.9 Å². The molecule has 0 saturated carbocycles. The number of alkyl halides is 3. The van der Waals surface area contributed by atoms with E-state index in [1.807, 2.05) is 0 Å². The minimum atomic E-state index is -2.39. The molecule has 0 aromatic heterocycles. The molecule has 0 heterocycles. The van der Waals surface area contributed by atoms with Crippen molar-refractivity contribution < 1.29 is 9.53 Å². The third-order valence-corrected chi connectivity index (χ3v) is 21.3. The van der Waals surface area contributed by atoms with E-state index < -0.39 is 28.1 Å². The van der Waals surface area contributed by atoms with E-state index in [2.05, 4.69) is 45.0 Å². The summed E-state index contributed by atoms with van der Waals surface area (Å²) < 4.78 is 9.32. The van der Waals surface area contributed by atoms with Gasteiger partial charge in [0.15, 0.2) is 0 Å². The summed E-state index contributed by atoms with van der Waals surface area (Å²) in [5.74, 6) is -0.511. The van der Waals surface area contributed by atoms with Gasteiger partial charge in [0.05, 0.1) is 0 Å². The second-order valence-electron chi connectivity index (χ2n) is 7.77. The molecular formula is C23H35Cl3O2Sn. The Balaban J connectivity index is 2.93. The predicted molar refractivity (Wildman–Crippen MR) is 131 cm³/mol. The quantitative estimate of drug-likeness (QED) is 0.106. The fourth-order valence-corrected chi connectivity index (χ4v) is 19.8. The van der Waals surface area contributed by atoms with Gasteiger partial charge in [-0.05, 0) is 0 Å². The molecule has 0 fully saturated rings. The Bertz CT molecular complexity index is 602. The van der Waals surface area contributed by atoms with E-state index >= 15 is 0 Å². The summed E-state index contributed by atoms with van der Waals surface area (Å²) in [6.07, 6.45) is 11.0.